The number of rotatable bonds is 5. The molecule has 1 unspecified atom stereocenters. The SMILES string of the molecule is Cl.O=C(NCC1CCCNC1)c1ccn(-c2cccc([N+](=O)[O-])c2)n1. The van der Waals surface area contributed by atoms with Gasteiger partial charge in [-0.2, -0.15) is 5.10 Å². The number of amides is 1. The molecule has 1 aliphatic heterocycles. The van der Waals surface area contributed by atoms with Gasteiger partial charge < -0.3 is 10.6 Å². The van der Waals surface area contributed by atoms with Gasteiger partial charge in [0.05, 0.1) is 10.6 Å². The Balaban J connectivity index is 0.00000225. The summed E-state index contributed by atoms with van der Waals surface area (Å²) >= 11 is 0. The quantitative estimate of drug-likeness (QED) is 0.622. The number of hydrogen-bond acceptors (Lipinski definition) is 5. The maximum absolute atomic E-state index is 12.2. The van der Waals surface area contributed by atoms with Crippen molar-refractivity contribution < 1.29 is 9.72 Å². The van der Waals surface area contributed by atoms with Crippen LogP contribution in [0, 0.1) is 16.0 Å². The van der Waals surface area contributed by atoms with Gasteiger partial charge in [0.15, 0.2) is 5.69 Å². The Morgan fingerprint density at radius 3 is 3.00 bits per heavy atom. The van der Waals surface area contributed by atoms with Crippen LogP contribution in [0.3, 0.4) is 0 Å². The van der Waals surface area contributed by atoms with E-state index in [0.29, 0.717) is 23.8 Å². The molecule has 25 heavy (non-hydrogen) atoms. The zero-order valence-electron chi connectivity index (χ0n) is 13.6. The Hall–Kier alpha value is -2.45. The van der Waals surface area contributed by atoms with E-state index in [1.165, 1.54) is 16.8 Å². The van der Waals surface area contributed by atoms with Gasteiger partial charge in [-0.25, -0.2) is 4.68 Å². The molecule has 0 saturated carbocycles. The first kappa shape index (κ1) is 18.9. The van der Waals surface area contributed by atoms with Gasteiger partial charge in [0.1, 0.15) is 0 Å². The zero-order valence-corrected chi connectivity index (χ0v) is 14.4. The summed E-state index contributed by atoms with van der Waals surface area (Å²) in [5.41, 5.74) is 0.823. The summed E-state index contributed by atoms with van der Waals surface area (Å²) < 4.78 is 1.46. The highest BCUT2D eigenvalue weighted by atomic mass is 35.5. The van der Waals surface area contributed by atoms with Crippen molar-refractivity contribution >= 4 is 24.0 Å². The molecule has 0 spiro atoms. The molecule has 1 aliphatic rings. The highest BCUT2D eigenvalue weighted by Crippen LogP contribution is 2.16. The number of nitro benzene ring substituents is 1. The number of aromatic nitrogens is 2. The fraction of sp³-hybridized carbons (Fsp3) is 0.375. The van der Waals surface area contributed by atoms with E-state index in [9.17, 15) is 14.9 Å². The number of hydrogen-bond donors (Lipinski definition) is 2. The van der Waals surface area contributed by atoms with Gasteiger partial charge in [-0.05, 0) is 44.0 Å². The predicted molar refractivity (Wildman–Crippen MR) is 95.4 cm³/mol. The molecular formula is C16H20ClN5O3. The highest BCUT2D eigenvalue weighted by Gasteiger charge is 2.16. The number of nitro groups is 1. The van der Waals surface area contributed by atoms with Crippen LogP contribution >= 0.6 is 12.4 Å². The molecule has 8 nitrogen and oxygen atoms in total. The van der Waals surface area contributed by atoms with Crippen LogP contribution < -0.4 is 10.6 Å². The van der Waals surface area contributed by atoms with Gasteiger partial charge in [0.25, 0.3) is 11.6 Å². The number of carbonyl (C=O) groups is 1. The van der Waals surface area contributed by atoms with Crippen molar-refractivity contribution in [3.63, 3.8) is 0 Å². The van der Waals surface area contributed by atoms with Crippen molar-refractivity contribution in [1.29, 1.82) is 0 Å². The van der Waals surface area contributed by atoms with Gasteiger partial charge in [-0.3, -0.25) is 14.9 Å². The number of nitrogens with one attached hydrogen (secondary N) is 2. The molecule has 1 amide bonds. The van der Waals surface area contributed by atoms with Crippen LogP contribution in [0.1, 0.15) is 23.3 Å². The fourth-order valence-corrected chi connectivity index (χ4v) is 2.76. The van der Waals surface area contributed by atoms with E-state index in [-0.39, 0.29) is 24.0 Å². The average Bonchev–Trinajstić information content (AvgIpc) is 3.11. The summed E-state index contributed by atoms with van der Waals surface area (Å²) in [6.45, 7) is 2.58. The highest BCUT2D eigenvalue weighted by molar-refractivity contribution is 5.92. The average molecular weight is 366 g/mol. The molecule has 3 rings (SSSR count). The minimum Gasteiger partial charge on any atom is -0.350 e. The standard InChI is InChI=1S/C16H19N5O3.ClH/c22-16(18-11-12-3-2-7-17-10-12)15-6-8-20(19-15)13-4-1-5-14(9-13)21(23)24;/h1,4-6,8-9,12,17H,2-3,7,10-11H2,(H,18,22);1H. The summed E-state index contributed by atoms with van der Waals surface area (Å²) in [6, 6.07) is 7.73. The van der Waals surface area contributed by atoms with Gasteiger partial charge in [-0.1, -0.05) is 6.07 Å². The lowest BCUT2D eigenvalue weighted by Gasteiger charge is -2.22. The first-order valence-corrected chi connectivity index (χ1v) is 7.93. The van der Waals surface area contributed by atoms with Crippen LogP contribution in [0.4, 0.5) is 5.69 Å². The molecule has 1 aromatic carbocycles. The van der Waals surface area contributed by atoms with E-state index in [1.54, 1.807) is 24.4 Å². The summed E-state index contributed by atoms with van der Waals surface area (Å²) in [6.07, 6.45) is 3.85. The van der Waals surface area contributed by atoms with E-state index in [0.717, 1.165) is 25.9 Å². The third-order valence-electron chi connectivity index (χ3n) is 4.08. The van der Waals surface area contributed by atoms with Gasteiger partial charge in [0.2, 0.25) is 0 Å². The van der Waals surface area contributed by atoms with Crippen LogP contribution in [0.25, 0.3) is 5.69 Å². The van der Waals surface area contributed by atoms with Crippen LogP contribution in [-0.4, -0.2) is 40.2 Å². The van der Waals surface area contributed by atoms with Crippen molar-refractivity contribution in [2.45, 2.75) is 12.8 Å². The molecule has 0 bridgehead atoms. The second kappa shape index (κ2) is 8.59. The maximum Gasteiger partial charge on any atom is 0.271 e. The number of piperidine rings is 1. The van der Waals surface area contributed by atoms with Crippen molar-refractivity contribution in [2.24, 2.45) is 5.92 Å². The number of nitrogens with zero attached hydrogens (tertiary/aromatic N) is 3. The van der Waals surface area contributed by atoms with Crippen molar-refractivity contribution in [3.8, 4) is 5.69 Å². The number of non-ortho nitro benzene ring substituents is 1. The van der Waals surface area contributed by atoms with Crippen molar-refractivity contribution in [3.05, 3.63) is 52.3 Å². The van der Waals surface area contributed by atoms with Gasteiger partial charge >= 0.3 is 0 Å². The number of halogens is 1. The minimum absolute atomic E-state index is 0. The summed E-state index contributed by atoms with van der Waals surface area (Å²) in [4.78, 5) is 22.6. The second-order valence-electron chi connectivity index (χ2n) is 5.84. The molecule has 2 aromatic rings. The summed E-state index contributed by atoms with van der Waals surface area (Å²) in [7, 11) is 0. The van der Waals surface area contributed by atoms with Crippen LogP contribution in [0.5, 0.6) is 0 Å². The Labute approximate surface area is 151 Å². The Kier molecular flexibility index (Phi) is 6.49. The molecule has 1 fully saturated rings. The van der Waals surface area contributed by atoms with Crippen LogP contribution in [-0.2, 0) is 0 Å². The monoisotopic (exact) mass is 365 g/mol. The molecule has 1 saturated heterocycles. The lowest BCUT2D eigenvalue weighted by molar-refractivity contribution is -0.384. The Bertz CT molecular complexity index is 743. The second-order valence-corrected chi connectivity index (χ2v) is 5.84. The van der Waals surface area contributed by atoms with Crippen molar-refractivity contribution in [2.75, 3.05) is 19.6 Å². The molecule has 0 radical (unpaired) electrons. The zero-order chi connectivity index (χ0) is 16.9. The van der Waals surface area contributed by atoms with Gasteiger partial charge in [0, 0.05) is 24.9 Å². The normalized spacial score (nSPS) is 16.7. The van der Waals surface area contributed by atoms with E-state index in [1.807, 2.05) is 0 Å². The van der Waals surface area contributed by atoms with E-state index >= 15 is 0 Å². The maximum atomic E-state index is 12.2. The van der Waals surface area contributed by atoms with Gasteiger partial charge in [-0.15, -0.1) is 12.4 Å². The topological polar surface area (TPSA) is 102 Å². The first-order chi connectivity index (χ1) is 11.6. The lowest BCUT2D eigenvalue weighted by Crippen LogP contribution is -2.38. The molecule has 0 aliphatic carbocycles. The lowest BCUT2D eigenvalue weighted by atomic mass is 10.00. The molecular weight excluding hydrogens is 346 g/mol. The number of benzene rings is 1. The Morgan fingerprint density at radius 1 is 1.44 bits per heavy atom. The predicted octanol–water partition coefficient (Wildman–Crippen LogP) is 1.93. The third kappa shape index (κ3) is 4.77. The van der Waals surface area contributed by atoms with E-state index in [4.69, 9.17) is 0 Å². The number of carbonyl (C=O) groups excluding carboxylic acids is 1. The third-order valence-corrected chi connectivity index (χ3v) is 4.08. The first-order valence-electron chi connectivity index (χ1n) is 7.93. The summed E-state index contributed by atoms with van der Waals surface area (Å²) in [5, 5.41) is 21.3. The molecule has 134 valence electrons. The molecule has 1 aromatic heterocycles. The summed E-state index contributed by atoms with van der Waals surface area (Å²) in [5.74, 6) is 0.214. The van der Waals surface area contributed by atoms with Crippen LogP contribution in [0.2, 0.25) is 0 Å². The van der Waals surface area contributed by atoms with Crippen LogP contribution in [0.15, 0.2) is 36.5 Å². The Morgan fingerprint density at radius 2 is 2.28 bits per heavy atom. The largest absolute Gasteiger partial charge is 0.350 e. The fourth-order valence-electron chi connectivity index (χ4n) is 2.76. The van der Waals surface area contributed by atoms with E-state index < -0.39 is 4.92 Å². The molecule has 2 heterocycles. The minimum atomic E-state index is -0.459. The molecule has 9 heteroatoms. The van der Waals surface area contributed by atoms with E-state index in [2.05, 4.69) is 15.7 Å². The molecule has 1 atom stereocenters. The molecule has 2 N–H and O–H groups in total. The smallest absolute Gasteiger partial charge is 0.271 e. The van der Waals surface area contributed by atoms with Crippen molar-refractivity contribution in [1.82, 2.24) is 20.4 Å².